The second kappa shape index (κ2) is 14.8. The van der Waals surface area contributed by atoms with E-state index in [0.717, 1.165) is 50.5 Å². The van der Waals surface area contributed by atoms with Crippen molar-refractivity contribution in [2.45, 2.75) is 82.3 Å². The summed E-state index contributed by atoms with van der Waals surface area (Å²) >= 11 is 0. The standard InChI is InChI=1S/C14H19NO3.C6H13NO.CH2O2/c16-13-9-5-4-8-12(13)15-14(17)18-10-11-6-2-1-3-7-11;7-5-3-1-2-4-6(5)8;2-1-3/h1-3,6-7,12-13,16H,4-5,8-10H2,(H,15,17);5-6,8H,1-4,7H2;1H,(H,2,3)/p-1/t12-,13+;5-,6+;/m00./s1. The molecule has 0 unspecified atom stereocenters. The summed E-state index contributed by atoms with van der Waals surface area (Å²) in [6.07, 6.45) is 6.77. The van der Waals surface area contributed by atoms with Crippen molar-refractivity contribution in [1.82, 2.24) is 5.32 Å². The lowest BCUT2D eigenvalue weighted by atomic mass is 9.93. The van der Waals surface area contributed by atoms with Crippen LogP contribution in [-0.2, 0) is 16.1 Å². The third-order valence-electron chi connectivity index (χ3n) is 5.03. The van der Waals surface area contributed by atoms with Crippen LogP contribution >= 0.6 is 0 Å². The zero-order chi connectivity index (χ0) is 21.5. The van der Waals surface area contributed by atoms with E-state index < -0.39 is 18.7 Å². The molecule has 2 aliphatic carbocycles. The third-order valence-corrected chi connectivity index (χ3v) is 5.03. The van der Waals surface area contributed by atoms with Gasteiger partial charge in [0.15, 0.2) is 0 Å². The van der Waals surface area contributed by atoms with E-state index in [1.54, 1.807) is 0 Å². The molecule has 1 amide bonds. The van der Waals surface area contributed by atoms with E-state index >= 15 is 0 Å². The van der Waals surface area contributed by atoms with Gasteiger partial charge in [-0.05, 0) is 31.2 Å². The van der Waals surface area contributed by atoms with Crippen LogP contribution in [-0.4, -0.2) is 47.1 Å². The van der Waals surface area contributed by atoms with Crippen LogP contribution in [0.1, 0.15) is 56.9 Å². The summed E-state index contributed by atoms with van der Waals surface area (Å²) in [6.45, 7) is -0.241. The number of ether oxygens (including phenoxy) is 1. The van der Waals surface area contributed by atoms with Crippen molar-refractivity contribution >= 4 is 12.6 Å². The van der Waals surface area contributed by atoms with Crippen molar-refractivity contribution < 1.29 is 29.6 Å². The Balaban J connectivity index is 0.000000317. The lowest BCUT2D eigenvalue weighted by molar-refractivity contribution is -0.283. The maximum absolute atomic E-state index is 11.6. The molecule has 164 valence electrons. The van der Waals surface area contributed by atoms with Crippen molar-refractivity contribution in [2.75, 3.05) is 0 Å². The molecule has 0 aromatic heterocycles. The number of hydrogen-bond donors (Lipinski definition) is 4. The summed E-state index contributed by atoms with van der Waals surface area (Å²) in [5, 5.41) is 29.8. The SMILES string of the molecule is N[C@H]1CCCC[C@H]1O.O=C(N[C@H]1CCCC[C@H]1O)OCc1ccccc1.O=C[O-]. The number of hydrogen-bond acceptors (Lipinski definition) is 7. The van der Waals surface area contributed by atoms with Crippen LogP contribution in [0.3, 0.4) is 0 Å². The van der Waals surface area contributed by atoms with Crippen LogP contribution in [0, 0.1) is 0 Å². The minimum absolute atomic E-state index is 0.0590. The highest BCUT2D eigenvalue weighted by Crippen LogP contribution is 2.18. The molecule has 1 aromatic rings. The molecular formula is C21H33N2O6-. The molecule has 4 atom stereocenters. The number of carbonyl (C=O) groups is 2. The van der Waals surface area contributed by atoms with Crippen molar-refractivity contribution in [3.63, 3.8) is 0 Å². The van der Waals surface area contributed by atoms with Crippen LogP contribution in [0.15, 0.2) is 30.3 Å². The maximum Gasteiger partial charge on any atom is 0.407 e. The molecule has 8 nitrogen and oxygen atoms in total. The first-order valence-electron chi connectivity index (χ1n) is 10.1. The smallest absolute Gasteiger partial charge is 0.407 e. The summed E-state index contributed by atoms with van der Waals surface area (Å²) in [7, 11) is 0. The number of benzene rings is 1. The van der Waals surface area contributed by atoms with Crippen LogP contribution in [0.5, 0.6) is 0 Å². The number of nitrogens with one attached hydrogen (secondary N) is 1. The maximum atomic E-state index is 11.6. The molecule has 0 spiro atoms. The number of aliphatic hydroxyl groups excluding tert-OH is 2. The lowest BCUT2D eigenvalue weighted by Gasteiger charge is -2.27. The summed E-state index contributed by atoms with van der Waals surface area (Å²) < 4.78 is 5.12. The Morgan fingerprint density at radius 2 is 1.62 bits per heavy atom. The first kappa shape index (κ1) is 24.9. The van der Waals surface area contributed by atoms with Gasteiger partial charge in [-0.25, -0.2) is 4.79 Å². The van der Waals surface area contributed by atoms with E-state index in [0.29, 0.717) is 0 Å². The first-order chi connectivity index (χ1) is 14.0. The minimum atomic E-state index is -0.500. The normalized spacial score (nSPS) is 25.9. The van der Waals surface area contributed by atoms with Gasteiger partial charge in [-0.3, -0.25) is 0 Å². The van der Waals surface area contributed by atoms with E-state index in [-0.39, 0.29) is 24.8 Å². The van der Waals surface area contributed by atoms with Crippen molar-refractivity contribution in [2.24, 2.45) is 5.73 Å². The Labute approximate surface area is 172 Å². The Hall–Kier alpha value is -2.16. The molecule has 3 rings (SSSR count). The molecule has 8 heteroatoms. The lowest BCUT2D eigenvalue weighted by Crippen LogP contribution is -2.45. The second-order valence-electron chi connectivity index (χ2n) is 7.28. The summed E-state index contributed by atoms with van der Waals surface area (Å²) in [6, 6.07) is 9.43. The van der Waals surface area contributed by atoms with Crippen molar-refractivity contribution in [3.05, 3.63) is 35.9 Å². The van der Waals surface area contributed by atoms with Gasteiger partial charge >= 0.3 is 6.09 Å². The number of rotatable bonds is 3. The zero-order valence-corrected chi connectivity index (χ0v) is 16.7. The van der Waals surface area contributed by atoms with Crippen molar-refractivity contribution in [1.29, 1.82) is 0 Å². The topological polar surface area (TPSA) is 145 Å². The van der Waals surface area contributed by atoms with E-state index in [1.165, 1.54) is 6.42 Å². The Morgan fingerprint density at radius 3 is 2.14 bits per heavy atom. The van der Waals surface area contributed by atoms with E-state index in [9.17, 15) is 9.90 Å². The molecule has 2 saturated carbocycles. The van der Waals surface area contributed by atoms with E-state index in [2.05, 4.69) is 5.32 Å². The van der Waals surface area contributed by atoms with Gasteiger partial charge in [-0.2, -0.15) is 0 Å². The van der Waals surface area contributed by atoms with Gasteiger partial charge in [0.05, 0.1) is 18.2 Å². The van der Waals surface area contributed by atoms with Gasteiger partial charge in [-0.15, -0.1) is 0 Å². The fourth-order valence-electron chi connectivity index (χ4n) is 3.34. The van der Waals surface area contributed by atoms with Crippen LogP contribution in [0.25, 0.3) is 0 Å². The fraction of sp³-hybridized carbons (Fsp3) is 0.619. The highest BCUT2D eigenvalue weighted by Gasteiger charge is 2.24. The average molecular weight is 410 g/mol. The molecule has 0 bridgehead atoms. The van der Waals surface area contributed by atoms with Crippen LogP contribution in [0.2, 0.25) is 0 Å². The monoisotopic (exact) mass is 409 g/mol. The third kappa shape index (κ3) is 10.8. The van der Waals surface area contributed by atoms with E-state index in [1.807, 2.05) is 30.3 Å². The van der Waals surface area contributed by atoms with E-state index in [4.69, 9.17) is 25.5 Å². The minimum Gasteiger partial charge on any atom is -0.554 e. The molecule has 2 aliphatic rings. The first-order valence-corrected chi connectivity index (χ1v) is 10.1. The molecular weight excluding hydrogens is 376 g/mol. The predicted octanol–water partition coefficient (Wildman–Crippen LogP) is 0.831. The molecule has 1 aromatic carbocycles. The van der Waals surface area contributed by atoms with Gasteiger partial charge < -0.3 is 35.9 Å². The largest absolute Gasteiger partial charge is 0.554 e. The molecule has 29 heavy (non-hydrogen) atoms. The number of nitrogens with two attached hydrogens (primary N) is 1. The molecule has 5 N–H and O–H groups in total. The number of amides is 1. The predicted molar refractivity (Wildman–Crippen MR) is 107 cm³/mol. The molecule has 2 fully saturated rings. The highest BCUT2D eigenvalue weighted by atomic mass is 16.5. The number of carboxylic acid groups (broad SMARTS) is 1. The van der Waals surface area contributed by atoms with Gasteiger partial charge in [0, 0.05) is 12.5 Å². The molecule has 0 heterocycles. The zero-order valence-electron chi connectivity index (χ0n) is 16.7. The van der Waals surface area contributed by atoms with Crippen LogP contribution in [0.4, 0.5) is 4.79 Å². The second-order valence-corrected chi connectivity index (χ2v) is 7.28. The number of carbonyl (C=O) groups excluding carboxylic acids is 2. The van der Waals surface area contributed by atoms with Gasteiger partial charge in [-0.1, -0.05) is 56.0 Å². The Morgan fingerprint density at radius 1 is 1.07 bits per heavy atom. The Bertz CT molecular complexity index is 562. The molecule has 0 radical (unpaired) electrons. The molecule has 0 aliphatic heterocycles. The summed E-state index contributed by atoms with van der Waals surface area (Å²) in [5.41, 5.74) is 6.48. The summed E-state index contributed by atoms with van der Waals surface area (Å²) in [5.74, 6) is 0. The number of alkyl carbamates (subject to hydrolysis) is 1. The van der Waals surface area contributed by atoms with Gasteiger partial charge in [0.1, 0.15) is 6.61 Å². The van der Waals surface area contributed by atoms with Gasteiger partial charge in [0.25, 0.3) is 0 Å². The fourth-order valence-corrected chi connectivity index (χ4v) is 3.34. The van der Waals surface area contributed by atoms with Crippen LogP contribution < -0.4 is 16.2 Å². The Kier molecular flexibility index (Phi) is 12.7. The molecule has 0 saturated heterocycles. The van der Waals surface area contributed by atoms with Gasteiger partial charge in [0.2, 0.25) is 0 Å². The quantitative estimate of drug-likeness (QED) is 0.541. The number of aliphatic hydroxyl groups is 2. The summed E-state index contributed by atoms with van der Waals surface area (Å²) in [4.78, 5) is 19.8. The average Bonchev–Trinajstić information content (AvgIpc) is 2.72. The van der Waals surface area contributed by atoms with Crippen molar-refractivity contribution in [3.8, 4) is 0 Å². The highest BCUT2D eigenvalue weighted by molar-refractivity contribution is 5.67.